The van der Waals surface area contributed by atoms with Gasteiger partial charge in [0.2, 0.25) is 0 Å². The Bertz CT molecular complexity index is 829. The highest BCUT2D eigenvalue weighted by molar-refractivity contribution is 5.94. The minimum atomic E-state index is -0.0593. The average Bonchev–Trinajstić information content (AvgIpc) is 3.00. The number of amides is 1. The van der Waals surface area contributed by atoms with Crippen molar-refractivity contribution in [3.05, 3.63) is 53.3 Å². The number of fused-ring (bicyclic) bond motifs is 2. The SMILES string of the molecule is COc1cc2c(cc1OC)C1(CCCCC1)CC2NC(=O)c1ccncc1. The Hall–Kier alpha value is -2.56. The predicted molar refractivity (Wildman–Crippen MR) is 103 cm³/mol. The maximum absolute atomic E-state index is 12.8. The second-order valence-corrected chi connectivity index (χ2v) is 7.60. The molecule has 0 bridgehead atoms. The van der Waals surface area contributed by atoms with E-state index in [1.165, 1.54) is 24.8 Å². The van der Waals surface area contributed by atoms with Crippen molar-refractivity contribution in [2.75, 3.05) is 14.2 Å². The fourth-order valence-electron chi connectivity index (χ4n) is 4.83. The number of nitrogens with zero attached hydrogens (tertiary/aromatic N) is 1. The summed E-state index contributed by atoms with van der Waals surface area (Å²) in [5, 5.41) is 3.25. The third-order valence-electron chi connectivity index (χ3n) is 6.16. The summed E-state index contributed by atoms with van der Waals surface area (Å²) in [6.07, 6.45) is 10.3. The molecule has 1 N–H and O–H groups in total. The van der Waals surface area contributed by atoms with Gasteiger partial charge in [-0.15, -0.1) is 0 Å². The molecule has 5 heteroatoms. The van der Waals surface area contributed by atoms with Crippen molar-refractivity contribution >= 4 is 5.91 Å². The number of ether oxygens (including phenoxy) is 2. The number of rotatable bonds is 4. The van der Waals surface area contributed by atoms with Crippen LogP contribution in [0.2, 0.25) is 0 Å². The minimum absolute atomic E-state index is 0.0152. The number of carbonyl (C=O) groups is 1. The molecule has 4 rings (SSSR count). The molecular formula is C22H26N2O3. The van der Waals surface area contributed by atoms with E-state index < -0.39 is 0 Å². The molecule has 1 unspecified atom stereocenters. The minimum Gasteiger partial charge on any atom is -0.493 e. The molecule has 0 radical (unpaired) electrons. The summed E-state index contributed by atoms with van der Waals surface area (Å²) >= 11 is 0. The number of pyridine rings is 1. The van der Waals surface area contributed by atoms with Gasteiger partial charge in [0, 0.05) is 18.0 Å². The maximum Gasteiger partial charge on any atom is 0.251 e. The fourth-order valence-corrected chi connectivity index (χ4v) is 4.83. The maximum atomic E-state index is 12.8. The van der Waals surface area contributed by atoms with Crippen molar-refractivity contribution in [1.29, 1.82) is 0 Å². The summed E-state index contributed by atoms with van der Waals surface area (Å²) in [7, 11) is 3.33. The topological polar surface area (TPSA) is 60.5 Å². The van der Waals surface area contributed by atoms with Gasteiger partial charge in [-0.1, -0.05) is 19.3 Å². The molecule has 1 fully saturated rings. The number of aromatic nitrogens is 1. The molecule has 1 saturated carbocycles. The van der Waals surface area contributed by atoms with E-state index in [1.54, 1.807) is 38.7 Å². The molecular weight excluding hydrogens is 340 g/mol. The highest BCUT2D eigenvalue weighted by atomic mass is 16.5. The van der Waals surface area contributed by atoms with Gasteiger partial charge in [0.15, 0.2) is 11.5 Å². The molecule has 5 nitrogen and oxygen atoms in total. The zero-order chi connectivity index (χ0) is 18.9. The number of carbonyl (C=O) groups excluding carboxylic acids is 1. The van der Waals surface area contributed by atoms with E-state index in [-0.39, 0.29) is 17.4 Å². The van der Waals surface area contributed by atoms with Crippen LogP contribution in [0.5, 0.6) is 11.5 Å². The Labute approximate surface area is 160 Å². The van der Waals surface area contributed by atoms with Gasteiger partial charge >= 0.3 is 0 Å². The molecule has 142 valence electrons. The summed E-state index contributed by atoms with van der Waals surface area (Å²) < 4.78 is 11.1. The highest BCUT2D eigenvalue weighted by Crippen LogP contribution is 2.55. The zero-order valence-electron chi connectivity index (χ0n) is 16.0. The molecule has 1 spiro atoms. The van der Waals surface area contributed by atoms with Crippen molar-refractivity contribution < 1.29 is 14.3 Å². The van der Waals surface area contributed by atoms with E-state index in [9.17, 15) is 4.79 Å². The molecule has 1 heterocycles. The Morgan fingerprint density at radius 2 is 1.74 bits per heavy atom. The summed E-state index contributed by atoms with van der Waals surface area (Å²) in [6.45, 7) is 0. The van der Waals surface area contributed by atoms with Crippen LogP contribution < -0.4 is 14.8 Å². The standard InChI is InChI=1S/C22H26N2O3/c1-26-19-12-16-17(13-20(19)27-2)22(8-4-3-5-9-22)14-18(16)24-21(25)15-6-10-23-11-7-15/h6-7,10-13,18H,3-5,8-9,14H2,1-2H3,(H,24,25). The Morgan fingerprint density at radius 3 is 2.41 bits per heavy atom. The van der Waals surface area contributed by atoms with E-state index in [4.69, 9.17) is 9.47 Å². The molecule has 2 aromatic rings. The number of nitrogens with one attached hydrogen (secondary N) is 1. The molecule has 2 aliphatic carbocycles. The number of methoxy groups -OCH3 is 2. The van der Waals surface area contributed by atoms with Crippen LogP contribution in [0.3, 0.4) is 0 Å². The lowest BCUT2D eigenvalue weighted by molar-refractivity contribution is 0.0930. The van der Waals surface area contributed by atoms with Crippen molar-refractivity contribution in [2.45, 2.75) is 50.0 Å². The monoisotopic (exact) mass is 366 g/mol. The van der Waals surface area contributed by atoms with Gasteiger partial charge in [-0.3, -0.25) is 9.78 Å². The van der Waals surface area contributed by atoms with Crippen molar-refractivity contribution in [1.82, 2.24) is 10.3 Å². The lowest BCUT2D eigenvalue weighted by Crippen LogP contribution is -2.31. The van der Waals surface area contributed by atoms with E-state index in [1.807, 2.05) is 0 Å². The zero-order valence-corrected chi connectivity index (χ0v) is 16.0. The molecule has 0 aliphatic heterocycles. The van der Waals surface area contributed by atoms with Crippen molar-refractivity contribution in [3.63, 3.8) is 0 Å². The Kier molecular flexibility index (Phi) is 4.77. The molecule has 1 atom stereocenters. The van der Waals surface area contributed by atoms with Gasteiger partial charge in [-0.25, -0.2) is 0 Å². The van der Waals surface area contributed by atoms with Crippen molar-refractivity contribution in [2.24, 2.45) is 0 Å². The van der Waals surface area contributed by atoms with Crippen LogP contribution in [-0.2, 0) is 5.41 Å². The summed E-state index contributed by atoms with van der Waals surface area (Å²) in [5.41, 5.74) is 3.25. The normalized spacial score (nSPS) is 20.1. The smallest absolute Gasteiger partial charge is 0.251 e. The number of hydrogen-bond donors (Lipinski definition) is 1. The summed E-state index contributed by atoms with van der Waals surface area (Å²) in [6, 6.07) is 7.66. The largest absolute Gasteiger partial charge is 0.493 e. The second-order valence-electron chi connectivity index (χ2n) is 7.60. The molecule has 1 amide bonds. The number of benzene rings is 1. The third-order valence-corrected chi connectivity index (χ3v) is 6.16. The van der Waals surface area contributed by atoms with E-state index in [2.05, 4.69) is 22.4 Å². The quantitative estimate of drug-likeness (QED) is 0.882. The van der Waals surface area contributed by atoms with Crippen LogP contribution in [0.4, 0.5) is 0 Å². The number of hydrogen-bond acceptors (Lipinski definition) is 4. The van der Waals surface area contributed by atoms with Crippen LogP contribution >= 0.6 is 0 Å². The van der Waals surface area contributed by atoms with Gasteiger partial charge in [0.25, 0.3) is 5.91 Å². The second kappa shape index (κ2) is 7.22. The first-order valence-corrected chi connectivity index (χ1v) is 9.64. The molecule has 27 heavy (non-hydrogen) atoms. The van der Waals surface area contributed by atoms with Gasteiger partial charge in [0.1, 0.15) is 0 Å². The van der Waals surface area contributed by atoms with E-state index in [0.29, 0.717) is 11.3 Å². The molecule has 2 aliphatic rings. The van der Waals surface area contributed by atoms with Gasteiger partial charge in [0.05, 0.1) is 20.3 Å². The van der Waals surface area contributed by atoms with Gasteiger partial charge < -0.3 is 14.8 Å². The van der Waals surface area contributed by atoms with E-state index in [0.717, 1.165) is 30.6 Å². The van der Waals surface area contributed by atoms with E-state index >= 15 is 0 Å². The third kappa shape index (κ3) is 3.15. The first-order valence-electron chi connectivity index (χ1n) is 9.64. The predicted octanol–water partition coefficient (Wildman–Crippen LogP) is 4.18. The Balaban J connectivity index is 1.71. The van der Waals surface area contributed by atoms with Gasteiger partial charge in [-0.2, -0.15) is 0 Å². The summed E-state index contributed by atoms with van der Waals surface area (Å²) in [5.74, 6) is 1.42. The van der Waals surface area contributed by atoms with Crippen LogP contribution in [0.1, 0.15) is 66.1 Å². The molecule has 1 aromatic heterocycles. The van der Waals surface area contributed by atoms with Gasteiger partial charge in [-0.05, 0) is 60.1 Å². The molecule has 0 saturated heterocycles. The Morgan fingerprint density at radius 1 is 1.07 bits per heavy atom. The van der Waals surface area contributed by atoms with Crippen LogP contribution in [0.15, 0.2) is 36.7 Å². The highest BCUT2D eigenvalue weighted by Gasteiger charge is 2.45. The summed E-state index contributed by atoms with van der Waals surface area (Å²) in [4.78, 5) is 16.8. The first-order chi connectivity index (χ1) is 13.2. The lowest BCUT2D eigenvalue weighted by Gasteiger charge is -2.35. The lowest BCUT2D eigenvalue weighted by atomic mass is 9.70. The van der Waals surface area contributed by atoms with Crippen molar-refractivity contribution in [3.8, 4) is 11.5 Å². The van der Waals surface area contributed by atoms with Crippen LogP contribution in [-0.4, -0.2) is 25.1 Å². The van der Waals surface area contributed by atoms with Crippen LogP contribution in [0.25, 0.3) is 0 Å². The first kappa shape index (κ1) is 17.8. The van der Waals surface area contributed by atoms with Crippen LogP contribution in [0, 0.1) is 0 Å². The fraction of sp³-hybridized carbons (Fsp3) is 0.455. The average molecular weight is 366 g/mol. The molecule has 1 aromatic carbocycles.